The zero-order valence-corrected chi connectivity index (χ0v) is 11.2. The van der Waals surface area contributed by atoms with Crippen LogP contribution in [-0.4, -0.2) is 48.8 Å². The van der Waals surface area contributed by atoms with Crippen molar-refractivity contribution in [2.24, 2.45) is 0 Å². The minimum Gasteiger partial charge on any atom is -0.501 e. The van der Waals surface area contributed by atoms with Gasteiger partial charge in [-0.25, -0.2) is 4.98 Å². The first-order valence-electron chi connectivity index (χ1n) is 6.16. The van der Waals surface area contributed by atoms with Crippen molar-refractivity contribution in [2.45, 2.75) is 13.0 Å². The average molecular weight is 290 g/mol. The molecule has 0 saturated carbocycles. The number of aromatic nitrogens is 3. The molecule has 110 valence electrons. The summed E-state index contributed by atoms with van der Waals surface area (Å²) in [5.41, 5.74) is -0.0406. The zero-order chi connectivity index (χ0) is 15.4. The van der Waals surface area contributed by atoms with Crippen LogP contribution in [0.3, 0.4) is 0 Å². The van der Waals surface area contributed by atoms with Crippen molar-refractivity contribution in [1.29, 1.82) is 0 Å². The Morgan fingerprint density at radius 1 is 1.33 bits per heavy atom. The van der Waals surface area contributed by atoms with Crippen LogP contribution in [0.4, 0.5) is 0 Å². The lowest BCUT2D eigenvalue weighted by Gasteiger charge is -2.09. The Hall–Kier alpha value is -2.74. The van der Waals surface area contributed by atoms with Gasteiger partial charge in [-0.3, -0.25) is 9.78 Å². The van der Waals surface area contributed by atoms with Crippen molar-refractivity contribution in [1.82, 2.24) is 20.3 Å². The van der Waals surface area contributed by atoms with Gasteiger partial charge in [0.25, 0.3) is 11.8 Å². The molecule has 21 heavy (non-hydrogen) atoms. The summed E-state index contributed by atoms with van der Waals surface area (Å²) in [5.74, 6) is -2.16. The van der Waals surface area contributed by atoms with E-state index in [0.717, 1.165) is 0 Å². The zero-order valence-electron chi connectivity index (χ0n) is 11.2. The van der Waals surface area contributed by atoms with Gasteiger partial charge < -0.3 is 20.6 Å². The maximum absolute atomic E-state index is 11.9. The summed E-state index contributed by atoms with van der Waals surface area (Å²) in [5, 5.41) is 30.8. The molecule has 2 aromatic rings. The molecule has 0 aliphatic heterocycles. The molecular weight excluding hydrogens is 276 g/mol. The molecule has 2 aromatic heterocycles. The fraction of sp³-hybridized carbons (Fsp3) is 0.231. The van der Waals surface area contributed by atoms with E-state index in [1.807, 2.05) is 0 Å². The highest BCUT2D eigenvalue weighted by atomic mass is 16.3. The number of aliphatic hydroxyl groups is 1. The summed E-state index contributed by atoms with van der Waals surface area (Å²) in [4.78, 5) is 23.5. The van der Waals surface area contributed by atoms with Crippen molar-refractivity contribution in [3.8, 4) is 23.1 Å². The predicted octanol–water partition coefficient (Wildman–Crippen LogP) is 0.0604. The SMILES string of the molecule is CC(O)CNC(=O)c1nc(-c2ccccn2)nc(O)c1O. The van der Waals surface area contributed by atoms with E-state index in [0.29, 0.717) is 5.69 Å². The van der Waals surface area contributed by atoms with E-state index < -0.39 is 23.6 Å². The predicted molar refractivity (Wildman–Crippen MR) is 72.6 cm³/mol. The van der Waals surface area contributed by atoms with Crippen LogP contribution in [-0.2, 0) is 0 Å². The first-order valence-corrected chi connectivity index (χ1v) is 6.16. The number of nitrogens with one attached hydrogen (secondary N) is 1. The molecule has 0 fully saturated rings. The van der Waals surface area contributed by atoms with Crippen LogP contribution >= 0.6 is 0 Å². The third-order valence-electron chi connectivity index (χ3n) is 2.53. The van der Waals surface area contributed by atoms with Gasteiger partial charge in [-0.05, 0) is 19.1 Å². The molecule has 0 radical (unpaired) electrons. The van der Waals surface area contributed by atoms with E-state index >= 15 is 0 Å². The third kappa shape index (κ3) is 3.42. The molecular formula is C13H14N4O4. The molecule has 8 nitrogen and oxygen atoms in total. The Morgan fingerprint density at radius 3 is 2.71 bits per heavy atom. The molecule has 1 atom stereocenters. The summed E-state index contributed by atoms with van der Waals surface area (Å²) in [6.07, 6.45) is 0.761. The maximum atomic E-state index is 11.9. The van der Waals surface area contributed by atoms with Crippen LogP contribution in [0.1, 0.15) is 17.4 Å². The first kappa shape index (κ1) is 14.7. The fourth-order valence-electron chi connectivity index (χ4n) is 1.54. The number of pyridine rings is 1. The second-order valence-corrected chi connectivity index (χ2v) is 4.34. The van der Waals surface area contributed by atoms with E-state index in [2.05, 4.69) is 20.3 Å². The van der Waals surface area contributed by atoms with Crippen LogP contribution in [0.5, 0.6) is 11.6 Å². The number of rotatable bonds is 4. The number of hydrogen-bond acceptors (Lipinski definition) is 7. The van der Waals surface area contributed by atoms with Gasteiger partial charge >= 0.3 is 0 Å². The van der Waals surface area contributed by atoms with Crippen LogP contribution in [0.2, 0.25) is 0 Å². The summed E-state index contributed by atoms with van der Waals surface area (Å²) in [6.45, 7) is 1.48. The van der Waals surface area contributed by atoms with Crippen LogP contribution < -0.4 is 5.32 Å². The Kier molecular flexibility index (Phi) is 4.29. The normalized spacial score (nSPS) is 11.9. The molecule has 0 spiro atoms. The first-order chi connectivity index (χ1) is 9.99. The van der Waals surface area contributed by atoms with Crippen molar-refractivity contribution in [3.63, 3.8) is 0 Å². The highest BCUT2D eigenvalue weighted by molar-refractivity contribution is 5.95. The van der Waals surface area contributed by atoms with E-state index in [9.17, 15) is 15.0 Å². The van der Waals surface area contributed by atoms with Gasteiger partial charge in [-0.15, -0.1) is 0 Å². The van der Waals surface area contributed by atoms with Crippen molar-refractivity contribution < 1.29 is 20.1 Å². The summed E-state index contributed by atoms with van der Waals surface area (Å²) in [7, 11) is 0. The smallest absolute Gasteiger partial charge is 0.274 e. The second-order valence-electron chi connectivity index (χ2n) is 4.34. The molecule has 2 heterocycles. The maximum Gasteiger partial charge on any atom is 0.274 e. The highest BCUT2D eigenvalue weighted by Gasteiger charge is 2.20. The Morgan fingerprint density at radius 2 is 2.10 bits per heavy atom. The van der Waals surface area contributed by atoms with Crippen molar-refractivity contribution >= 4 is 5.91 Å². The molecule has 0 aliphatic rings. The quantitative estimate of drug-likeness (QED) is 0.626. The van der Waals surface area contributed by atoms with Gasteiger partial charge in [0.1, 0.15) is 5.69 Å². The molecule has 4 N–H and O–H groups in total. The lowest BCUT2D eigenvalue weighted by Crippen LogP contribution is -2.31. The van der Waals surface area contributed by atoms with Crippen LogP contribution in [0, 0.1) is 0 Å². The Bertz CT molecular complexity index is 646. The monoisotopic (exact) mass is 290 g/mol. The molecule has 1 unspecified atom stereocenters. The van der Waals surface area contributed by atoms with Gasteiger partial charge in [0.2, 0.25) is 5.75 Å². The minimum absolute atomic E-state index is 0.00750. The molecule has 0 bridgehead atoms. The number of nitrogens with zero attached hydrogens (tertiary/aromatic N) is 3. The topological polar surface area (TPSA) is 128 Å². The Labute approximate surface area is 120 Å². The standard InChI is InChI=1S/C13H14N4O4/c1-7(18)6-15-12(20)9-10(19)13(21)17-11(16-9)8-4-2-3-5-14-8/h2-5,7,18-19H,6H2,1H3,(H,15,20)(H,16,17,21). The summed E-state index contributed by atoms with van der Waals surface area (Å²) in [6, 6.07) is 4.99. The van der Waals surface area contributed by atoms with Crippen LogP contribution in [0.15, 0.2) is 24.4 Å². The molecule has 0 aromatic carbocycles. The third-order valence-corrected chi connectivity index (χ3v) is 2.53. The van der Waals surface area contributed by atoms with Crippen LogP contribution in [0.25, 0.3) is 11.5 Å². The molecule has 2 rings (SSSR count). The van der Waals surface area contributed by atoms with Crippen molar-refractivity contribution in [3.05, 3.63) is 30.1 Å². The Balaban J connectivity index is 2.37. The number of amides is 1. The van der Waals surface area contributed by atoms with Gasteiger partial charge in [-0.1, -0.05) is 6.07 Å². The second kappa shape index (κ2) is 6.14. The minimum atomic E-state index is -0.748. The lowest BCUT2D eigenvalue weighted by molar-refractivity contribution is 0.0915. The molecule has 1 amide bonds. The number of carbonyl (C=O) groups excluding carboxylic acids is 1. The number of aromatic hydroxyl groups is 2. The van der Waals surface area contributed by atoms with E-state index in [-0.39, 0.29) is 18.1 Å². The highest BCUT2D eigenvalue weighted by Crippen LogP contribution is 2.27. The number of hydrogen-bond donors (Lipinski definition) is 4. The molecule has 8 heteroatoms. The summed E-state index contributed by atoms with van der Waals surface area (Å²) < 4.78 is 0. The average Bonchev–Trinajstić information content (AvgIpc) is 2.48. The van der Waals surface area contributed by atoms with Gasteiger partial charge in [0.05, 0.1) is 6.10 Å². The number of carbonyl (C=O) groups is 1. The van der Waals surface area contributed by atoms with E-state index in [1.54, 1.807) is 18.2 Å². The largest absolute Gasteiger partial charge is 0.501 e. The fourth-order valence-corrected chi connectivity index (χ4v) is 1.54. The summed E-state index contributed by atoms with van der Waals surface area (Å²) >= 11 is 0. The van der Waals surface area contributed by atoms with E-state index in [4.69, 9.17) is 5.11 Å². The van der Waals surface area contributed by atoms with E-state index in [1.165, 1.54) is 13.1 Å². The molecule has 0 aliphatic carbocycles. The van der Waals surface area contributed by atoms with Gasteiger partial charge in [-0.2, -0.15) is 4.98 Å². The number of aliphatic hydroxyl groups excluding tert-OH is 1. The lowest BCUT2D eigenvalue weighted by atomic mass is 10.3. The van der Waals surface area contributed by atoms with Crippen molar-refractivity contribution in [2.75, 3.05) is 6.54 Å². The van der Waals surface area contributed by atoms with Gasteiger partial charge in [0.15, 0.2) is 11.5 Å². The van der Waals surface area contributed by atoms with Gasteiger partial charge in [0, 0.05) is 12.7 Å². The molecule has 0 saturated heterocycles.